The normalized spacial score (nSPS) is 16.8. The average Bonchev–Trinajstić information content (AvgIpc) is 2.41. The quantitative estimate of drug-likeness (QED) is 0.838. The molecule has 0 aromatic carbocycles. The van der Waals surface area contributed by atoms with Crippen molar-refractivity contribution in [3.63, 3.8) is 0 Å². The predicted molar refractivity (Wildman–Crippen MR) is 91.8 cm³/mol. The highest BCUT2D eigenvalue weighted by Gasteiger charge is 2.48. The molecular weight excluding hydrogens is 349 g/mol. The van der Waals surface area contributed by atoms with Crippen LogP contribution in [0.2, 0.25) is 0 Å². The van der Waals surface area contributed by atoms with Crippen LogP contribution in [-0.2, 0) is 14.6 Å². The summed E-state index contributed by atoms with van der Waals surface area (Å²) < 4.78 is 22.8. The number of anilines is 1. The van der Waals surface area contributed by atoms with Gasteiger partial charge in [0, 0.05) is 12.5 Å². The lowest BCUT2D eigenvalue weighted by Gasteiger charge is -2.34. The molecular formula is C13H21Cl2N3O3S. The van der Waals surface area contributed by atoms with E-state index >= 15 is 0 Å². The van der Waals surface area contributed by atoms with Crippen LogP contribution in [0.3, 0.4) is 0 Å². The summed E-state index contributed by atoms with van der Waals surface area (Å²) in [6.07, 6.45) is 3.32. The van der Waals surface area contributed by atoms with E-state index in [1.54, 1.807) is 12.3 Å². The second kappa shape index (κ2) is 8.10. The lowest BCUT2D eigenvalue weighted by Crippen LogP contribution is -2.55. The van der Waals surface area contributed by atoms with Crippen molar-refractivity contribution in [2.75, 3.05) is 24.7 Å². The van der Waals surface area contributed by atoms with Crippen LogP contribution in [0.4, 0.5) is 5.82 Å². The number of nitrogens with zero attached hydrogens (tertiary/aromatic N) is 1. The van der Waals surface area contributed by atoms with Gasteiger partial charge in [-0.2, -0.15) is 0 Å². The van der Waals surface area contributed by atoms with Crippen LogP contribution in [0, 0.1) is 6.92 Å². The van der Waals surface area contributed by atoms with E-state index in [-0.39, 0.29) is 37.7 Å². The van der Waals surface area contributed by atoms with E-state index in [0.29, 0.717) is 18.9 Å². The minimum Gasteiger partial charge on any atom is -0.317 e. The van der Waals surface area contributed by atoms with Crippen LogP contribution in [-0.4, -0.2) is 43.4 Å². The van der Waals surface area contributed by atoms with Gasteiger partial charge in [0.05, 0.1) is 0 Å². The number of halogens is 2. The van der Waals surface area contributed by atoms with Gasteiger partial charge in [0.15, 0.2) is 14.6 Å². The molecule has 0 radical (unpaired) electrons. The van der Waals surface area contributed by atoms with Gasteiger partial charge in [-0.25, -0.2) is 13.4 Å². The van der Waals surface area contributed by atoms with Gasteiger partial charge < -0.3 is 10.6 Å². The van der Waals surface area contributed by atoms with Crippen LogP contribution < -0.4 is 10.6 Å². The maximum atomic E-state index is 12.5. The topological polar surface area (TPSA) is 88.2 Å². The first kappa shape index (κ1) is 21.1. The molecule has 0 saturated carbocycles. The lowest BCUT2D eigenvalue weighted by molar-refractivity contribution is -0.119. The highest BCUT2D eigenvalue weighted by molar-refractivity contribution is 7.92. The molecule has 126 valence electrons. The van der Waals surface area contributed by atoms with Gasteiger partial charge in [0.1, 0.15) is 5.82 Å². The predicted octanol–water partition coefficient (Wildman–Crippen LogP) is 1.34. The highest BCUT2D eigenvalue weighted by Crippen LogP contribution is 2.29. The summed E-state index contributed by atoms with van der Waals surface area (Å²) in [4.78, 5) is 16.5. The fraction of sp³-hybridized carbons (Fsp3) is 0.538. The van der Waals surface area contributed by atoms with Gasteiger partial charge >= 0.3 is 0 Å². The molecule has 2 N–H and O–H groups in total. The Morgan fingerprint density at radius 1 is 1.27 bits per heavy atom. The van der Waals surface area contributed by atoms with Gasteiger partial charge in [0.2, 0.25) is 5.91 Å². The Labute approximate surface area is 143 Å². The Balaban J connectivity index is 0.00000220. The zero-order valence-corrected chi connectivity index (χ0v) is 14.9. The summed E-state index contributed by atoms with van der Waals surface area (Å²) in [6.45, 7) is 2.92. The van der Waals surface area contributed by atoms with Crippen molar-refractivity contribution in [1.82, 2.24) is 10.3 Å². The van der Waals surface area contributed by atoms with Crippen LogP contribution in [0.15, 0.2) is 18.3 Å². The van der Waals surface area contributed by atoms with Gasteiger partial charge in [-0.3, -0.25) is 4.79 Å². The van der Waals surface area contributed by atoms with Crippen molar-refractivity contribution in [3.05, 3.63) is 23.9 Å². The maximum absolute atomic E-state index is 12.5. The average molecular weight is 370 g/mol. The minimum atomic E-state index is -3.49. The number of pyridine rings is 1. The van der Waals surface area contributed by atoms with Crippen LogP contribution in [0.1, 0.15) is 18.4 Å². The number of hydrogen-bond donors (Lipinski definition) is 2. The third kappa shape index (κ3) is 4.32. The van der Waals surface area contributed by atoms with Gasteiger partial charge in [-0.05, 0) is 44.5 Å². The molecule has 1 aromatic rings. The van der Waals surface area contributed by atoms with E-state index in [0.717, 1.165) is 11.8 Å². The SMILES string of the molecule is Cc1ccc(NC(=O)C2(S(C)(=O)=O)CCNCC2)nc1.Cl.Cl. The first-order chi connectivity index (χ1) is 9.35. The van der Waals surface area contributed by atoms with E-state index < -0.39 is 20.5 Å². The van der Waals surface area contributed by atoms with Crippen molar-refractivity contribution in [1.29, 1.82) is 0 Å². The molecule has 1 amide bonds. The van der Waals surface area contributed by atoms with E-state index in [2.05, 4.69) is 15.6 Å². The molecule has 1 fully saturated rings. The Hall–Kier alpha value is -0.890. The third-order valence-corrected chi connectivity index (χ3v) is 5.70. The second-order valence-corrected chi connectivity index (χ2v) is 7.52. The number of rotatable bonds is 3. The molecule has 0 atom stereocenters. The zero-order valence-electron chi connectivity index (χ0n) is 12.5. The number of sulfone groups is 1. The first-order valence-electron chi connectivity index (χ1n) is 6.50. The van der Waals surface area contributed by atoms with Gasteiger partial charge in [-0.15, -0.1) is 24.8 Å². The molecule has 22 heavy (non-hydrogen) atoms. The Morgan fingerprint density at radius 3 is 2.32 bits per heavy atom. The molecule has 1 aliphatic rings. The minimum absolute atomic E-state index is 0. The summed E-state index contributed by atoms with van der Waals surface area (Å²) in [5.74, 6) is -0.111. The van der Waals surface area contributed by atoms with Gasteiger partial charge in [-0.1, -0.05) is 6.07 Å². The third-order valence-electron chi connectivity index (χ3n) is 3.69. The zero-order chi connectivity index (χ0) is 14.8. The summed E-state index contributed by atoms with van der Waals surface area (Å²) >= 11 is 0. The fourth-order valence-corrected chi connectivity index (χ4v) is 3.70. The molecule has 2 heterocycles. The van der Waals surface area contributed by atoms with Crippen LogP contribution in [0.5, 0.6) is 0 Å². The fourth-order valence-electron chi connectivity index (χ4n) is 2.37. The highest BCUT2D eigenvalue weighted by atomic mass is 35.5. The lowest BCUT2D eigenvalue weighted by atomic mass is 9.96. The molecule has 1 aliphatic heterocycles. The van der Waals surface area contributed by atoms with E-state index in [1.165, 1.54) is 0 Å². The molecule has 1 saturated heterocycles. The van der Waals surface area contributed by atoms with Crippen molar-refractivity contribution < 1.29 is 13.2 Å². The number of hydrogen-bond acceptors (Lipinski definition) is 5. The van der Waals surface area contributed by atoms with E-state index in [9.17, 15) is 13.2 Å². The molecule has 0 bridgehead atoms. The molecule has 0 aliphatic carbocycles. The number of aryl methyl sites for hydroxylation is 1. The number of amides is 1. The van der Waals surface area contributed by atoms with Crippen LogP contribution in [0.25, 0.3) is 0 Å². The maximum Gasteiger partial charge on any atom is 0.247 e. The standard InChI is InChI=1S/C13H19N3O3S.2ClH/c1-10-3-4-11(15-9-10)16-12(17)13(20(2,18)19)5-7-14-8-6-13;;/h3-4,9,14H,5-8H2,1-2H3,(H,15,16,17);2*1H. The summed E-state index contributed by atoms with van der Waals surface area (Å²) in [5, 5.41) is 5.71. The molecule has 2 rings (SSSR count). The molecule has 9 heteroatoms. The molecule has 6 nitrogen and oxygen atoms in total. The second-order valence-electron chi connectivity index (χ2n) is 5.19. The first-order valence-corrected chi connectivity index (χ1v) is 8.39. The Morgan fingerprint density at radius 2 is 1.86 bits per heavy atom. The van der Waals surface area contributed by atoms with Crippen LogP contribution >= 0.6 is 24.8 Å². The van der Waals surface area contributed by atoms with Gasteiger partial charge in [0.25, 0.3) is 0 Å². The Kier molecular flexibility index (Phi) is 7.77. The molecule has 0 unspecified atom stereocenters. The molecule has 1 aromatic heterocycles. The summed E-state index contributed by atoms with van der Waals surface area (Å²) in [6, 6.07) is 3.49. The van der Waals surface area contributed by atoms with Crippen molar-refractivity contribution >= 4 is 46.4 Å². The largest absolute Gasteiger partial charge is 0.317 e. The smallest absolute Gasteiger partial charge is 0.247 e. The summed E-state index contributed by atoms with van der Waals surface area (Å²) in [7, 11) is -3.49. The van der Waals surface area contributed by atoms with Crippen molar-refractivity contribution in [2.45, 2.75) is 24.5 Å². The number of piperidine rings is 1. The number of nitrogens with one attached hydrogen (secondary N) is 2. The summed E-state index contributed by atoms with van der Waals surface area (Å²) in [5.41, 5.74) is 0.975. The molecule has 0 spiro atoms. The van der Waals surface area contributed by atoms with Crippen molar-refractivity contribution in [3.8, 4) is 0 Å². The number of aromatic nitrogens is 1. The number of carbonyl (C=O) groups excluding carboxylic acids is 1. The van der Waals surface area contributed by atoms with E-state index in [1.807, 2.05) is 13.0 Å². The van der Waals surface area contributed by atoms with Crippen molar-refractivity contribution in [2.24, 2.45) is 0 Å². The Bertz CT molecular complexity index is 599. The van der Waals surface area contributed by atoms with E-state index in [4.69, 9.17) is 0 Å². The monoisotopic (exact) mass is 369 g/mol. The number of carbonyl (C=O) groups is 1.